The van der Waals surface area contributed by atoms with E-state index in [2.05, 4.69) is 23.2 Å². The van der Waals surface area contributed by atoms with Gasteiger partial charge in [0.05, 0.1) is 0 Å². The van der Waals surface area contributed by atoms with E-state index >= 15 is 0 Å². The van der Waals surface area contributed by atoms with Gasteiger partial charge in [0.15, 0.2) is 0 Å². The van der Waals surface area contributed by atoms with E-state index in [1.165, 1.54) is 4.88 Å². The van der Waals surface area contributed by atoms with Gasteiger partial charge in [-0.05, 0) is 48.2 Å². The molecule has 3 heteroatoms. The van der Waals surface area contributed by atoms with E-state index in [1.54, 1.807) is 11.3 Å². The number of thiophene rings is 1. The van der Waals surface area contributed by atoms with Crippen LogP contribution in [-0.2, 0) is 11.2 Å². The molecule has 0 aliphatic carbocycles. The summed E-state index contributed by atoms with van der Waals surface area (Å²) in [5, 5.41) is 4.97. The molecule has 0 radical (unpaired) electrons. The molecule has 24 heavy (non-hydrogen) atoms. The molecule has 0 fully saturated rings. The summed E-state index contributed by atoms with van der Waals surface area (Å²) in [6.45, 7) is 0. The summed E-state index contributed by atoms with van der Waals surface area (Å²) >= 11 is 1.68. The molecular formula is C21H17NOS. The number of hydrogen-bond donors (Lipinski definition) is 1. The van der Waals surface area contributed by atoms with Crippen LogP contribution in [0.25, 0.3) is 0 Å². The van der Waals surface area contributed by atoms with Gasteiger partial charge in [0.25, 0.3) is 0 Å². The number of rotatable bonds is 4. The van der Waals surface area contributed by atoms with Crippen molar-refractivity contribution in [3.05, 3.63) is 88.1 Å². The Morgan fingerprint density at radius 3 is 2.50 bits per heavy atom. The first-order chi connectivity index (χ1) is 11.8. The van der Waals surface area contributed by atoms with Crippen LogP contribution in [0, 0.1) is 11.8 Å². The first-order valence-electron chi connectivity index (χ1n) is 7.79. The second kappa shape index (κ2) is 8.14. The van der Waals surface area contributed by atoms with E-state index in [0.29, 0.717) is 6.42 Å². The molecule has 2 nitrogen and oxygen atoms in total. The molecular weight excluding hydrogens is 314 g/mol. The smallest absolute Gasteiger partial charge is 0.224 e. The lowest BCUT2D eigenvalue weighted by Gasteiger charge is -2.05. The Bertz CT molecular complexity index is 858. The Balaban J connectivity index is 1.61. The van der Waals surface area contributed by atoms with Crippen molar-refractivity contribution in [1.82, 2.24) is 0 Å². The van der Waals surface area contributed by atoms with Crippen LogP contribution in [0.4, 0.5) is 5.69 Å². The van der Waals surface area contributed by atoms with E-state index < -0.39 is 0 Å². The maximum absolute atomic E-state index is 12.1. The molecule has 0 saturated heterocycles. The minimum Gasteiger partial charge on any atom is -0.326 e. The normalized spacial score (nSPS) is 9.83. The molecule has 2 aromatic carbocycles. The Morgan fingerprint density at radius 2 is 1.71 bits per heavy atom. The number of carbonyl (C=O) groups is 1. The Hall–Kier alpha value is -2.83. The van der Waals surface area contributed by atoms with Gasteiger partial charge in [-0.3, -0.25) is 4.79 Å². The van der Waals surface area contributed by atoms with Crippen LogP contribution >= 0.6 is 11.3 Å². The predicted octanol–water partition coefficient (Wildman–Crippen LogP) is 4.72. The number of amides is 1. The van der Waals surface area contributed by atoms with Crippen LogP contribution < -0.4 is 5.32 Å². The fourth-order valence-electron chi connectivity index (χ4n) is 2.26. The summed E-state index contributed by atoms with van der Waals surface area (Å²) in [7, 11) is 0. The fourth-order valence-corrected chi connectivity index (χ4v) is 2.96. The highest BCUT2D eigenvalue weighted by Crippen LogP contribution is 2.13. The van der Waals surface area contributed by atoms with Crippen molar-refractivity contribution in [2.45, 2.75) is 12.8 Å². The molecule has 1 aromatic heterocycles. The minimum absolute atomic E-state index is 0.0246. The Morgan fingerprint density at radius 1 is 0.917 bits per heavy atom. The van der Waals surface area contributed by atoms with Crippen LogP contribution in [0.2, 0.25) is 0 Å². The predicted molar refractivity (Wildman–Crippen MR) is 100 cm³/mol. The standard InChI is InChI=1S/C21H17NOS/c23-21(14-13-20-10-5-15-24-20)22-19-9-4-8-18(16-19)12-11-17-6-2-1-3-7-17/h1-10,15-16H,13-14H2,(H,22,23). The first kappa shape index (κ1) is 16.0. The molecule has 0 spiro atoms. The highest BCUT2D eigenvalue weighted by atomic mass is 32.1. The topological polar surface area (TPSA) is 29.1 Å². The Kier molecular flexibility index (Phi) is 5.44. The van der Waals surface area contributed by atoms with Crippen molar-refractivity contribution in [3.63, 3.8) is 0 Å². The average Bonchev–Trinajstić information content (AvgIpc) is 3.13. The number of carbonyl (C=O) groups excluding carboxylic acids is 1. The van der Waals surface area contributed by atoms with Crippen molar-refractivity contribution in [1.29, 1.82) is 0 Å². The van der Waals surface area contributed by atoms with Crippen molar-refractivity contribution in [3.8, 4) is 11.8 Å². The second-order valence-electron chi connectivity index (χ2n) is 5.32. The summed E-state index contributed by atoms with van der Waals surface area (Å²) in [5.74, 6) is 6.28. The molecule has 0 saturated carbocycles. The molecule has 3 aromatic rings. The van der Waals surface area contributed by atoms with Gasteiger partial charge >= 0.3 is 0 Å². The van der Waals surface area contributed by atoms with Crippen LogP contribution in [0.5, 0.6) is 0 Å². The molecule has 3 rings (SSSR count). The van der Waals surface area contributed by atoms with Crippen LogP contribution in [0.15, 0.2) is 72.1 Å². The average molecular weight is 331 g/mol. The van der Waals surface area contributed by atoms with E-state index in [-0.39, 0.29) is 5.91 Å². The van der Waals surface area contributed by atoms with Crippen LogP contribution in [0.3, 0.4) is 0 Å². The largest absolute Gasteiger partial charge is 0.326 e. The molecule has 1 N–H and O–H groups in total. The van der Waals surface area contributed by atoms with Crippen molar-refractivity contribution >= 4 is 22.9 Å². The third kappa shape index (κ3) is 4.84. The molecule has 0 atom stereocenters. The zero-order chi connectivity index (χ0) is 16.6. The molecule has 1 heterocycles. The highest BCUT2D eigenvalue weighted by Gasteiger charge is 2.04. The lowest BCUT2D eigenvalue weighted by atomic mass is 10.1. The molecule has 0 unspecified atom stereocenters. The maximum Gasteiger partial charge on any atom is 0.224 e. The zero-order valence-electron chi connectivity index (χ0n) is 13.2. The van der Waals surface area contributed by atoms with Gasteiger partial charge in [-0.2, -0.15) is 0 Å². The first-order valence-corrected chi connectivity index (χ1v) is 8.67. The molecule has 0 bridgehead atoms. The summed E-state index contributed by atoms with van der Waals surface area (Å²) in [4.78, 5) is 13.3. The van der Waals surface area contributed by atoms with Gasteiger partial charge in [-0.25, -0.2) is 0 Å². The third-order valence-electron chi connectivity index (χ3n) is 3.45. The van der Waals surface area contributed by atoms with E-state index in [1.807, 2.05) is 66.0 Å². The van der Waals surface area contributed by atoms with Gasteiger partial charge in [0.2, 0.25) is 5.91 Å². The van der Waals surface area contributed by atoms with Gasteiger partial charge in [0.1, 0.15) is 0 Å². The van der Waals surface area contributed by atoms with Crippen molar-refractivity contribution < 1.29 is 4.79 Å². The molecule has 0 aliphatic rings. The lowest BCUT2D eigenvalue weighted by Crippen LogP contribution is -2.12. The number of nitrogens with one attached hydrogen (secondary N) is 1. The van der Waals surface area contributed by atoms with Gasteiger partial charge in [-0.1, -0.05) is 42.2 Å². The SMILES string of the molecule is O=C(CCc1cccs1)Nc1cccc(C#Cc2ccccc2)c1. The quantitative estimate of drug-likeness (QED) is 0.689. The van der Waals surface area contributed by atoms with E-state index in [4.69, 9.17) is 0 Å². The monoisotopic (exact) mass is 331 g/mol. The highest BCUT2D eigenvalue weighted by molar-refractivity contribution is 7.09. The fraction of sp³-hybridized carbons (Fsp3) is 0.0952. The van der Waals surface area contributed by atoms with Gasteiger partial charge < -0.3 is 5.32 Å². The van der Waals surface area contributed by atoms with Crippen molar-refractivity contribution in [2.75, 3.05) is 5.32 Å². The summed E-state index contributed by atoms with van der Waals surface area (Å²) in [5.41, 5.74) is 2.64. The third-order valence-corrected chi connectivity index (χ3v) is 4.39. The Labute approximate surface area is 146 Å². The van der Waals surface area contributed by atoms with Crippen molar-refractivity contribution in [2.24, 2.45) is 0 Å². The van der Waals surface area contributed by atoms with Crippen LogP contribution in [-0.4, -0.2) is 5.91 Å². The summed E-state index contributed by atoms with van der Waals surface area (Å²) < 4.78 is 0. The summed E-state index contributed by atoms with van der Waals surface area (Å²) in [6, 6.07) is 21.5. The maximum atomic E-state index is 12.1. The number of anilines is 1. The number of benzene rings is 2. The molecule has 118 valence electrons. The number of aryl methyl sites for hydroxylation is 1. The minimum atomic E-state index is 0.0246. The van der Waals surface area contributed by atoms with E-state index in [9.17, 15) is 4.79 Å². The zero-order valence-corrected chi connectivity index (χ0v) is 14.0. The molecule has 1 amide bonds. The van der Waals surface area contributed by atoms with Gasteiger partial charge in [0, 0.05) is 28.1 Å². The molecule has 0 aliphatic heterocycles. The van der Waals surface area contributed by atoms with Crippen LogP contribution in [0.1, 0.15) is 22.4 Å². The number of hydrogen-bond acceptors (Lipinski definition) is 2. The lowest BCUT2D eigenvalue weighted by molar-refractivity contribution is -0.116. The van der Waals surface area contributed by atoms with Gasteiger partial charge in [-0.15, -0.1) is 11.3 Å². The van der Waals surface area contributed by atoms with E-state index in [0.717, 1.165) is 23.2 Å². The summed E-state index contributed by atoms with van der Waals surface area (Å²) in [6.07, 6.45) is 1.26. The second-order valence-corrected chi connectivity index (χ2v) is 6.36.